The number of urea groups is 1. The third-order valence-corrected chi connectivity index (χ3v) is 3.65. The molecule has 100 valence electrons. The van der Waals surface area contributed by atoms with Crippen LogP contribution < -0.4 is 10.6 Å². The summed E-state index contributed by atoms with van der Waals surface area (Å²) in [7, 11) is 0. The van der Waals surface area contributed by atoms with E-state index in [0.717, 1.165) is 22.8 Å². The number of hydrogen-bond acceptors (Lipinski definition) is 3. The van der Waals surface area contributed by atoms with Gasteiger partial charge in [0.1, 0.15) is 5.01 Å². The van der Waals surface area contributed by atoms with E-state index < -0.39 is 0 Å². The lowest BCUT2D eigenvalue weighted by atomic mass is 10.1. The van der Waals surface area contributed by atoms with Crippen molar-refractivity contribution in [3.63, 3.8) is 0 Å². The van der Waals surface area contributed by atoms with Gasteiger partial charge in [0.05, 0.1) is 6.54 Å². The molecule has 2 N–H and O–H groups in total. The van der Waals surface area contributed by atoms with Crippen LogP contribution in [-0.2, 0) is 13.0 Å². The summed E-state index contributed by atoms with van der Waals surface area (Å²) in [5.74, 6) is 0. The Kier molecular flexibility index (Phi) is 4.52. The molecule has 5 heteroatoms. The monoisotopic (exact) mass is 275 g/mol. The topological polar surface area (TPSA) is 54.0 Å². The van der Waals surface area contributed by atoms with E-state index in [1.54, 1.807) is 11.3 Å². The molecule has 0 atom stereocenters. The average molecular weight is 275 g/mol. The summed E-state index contributed by atoms with van der Waals surface area (Å²) in [5.41, 5.74) is 3.03. The van der Waals surface area contributed by atoms with Crippen molar-refractivity contribution < 1.29 is 4.79 Å². The standard InChI is InChI=1S/C14H17N3OS/c1-3-11-4-6-12(7-5-11)17-14(18)15-8-13-16-10(2)9-19-13/h4-7,9H,3,8H2,1-2H3,(H2,15,17,18). The van der Waals surface area contributed by atoms with E-state index in [-0.39, 0.29) is 6.03 Å². The van der Waals surface area contributed by atoms with Gasteiger partial charge in [0.25, 0.3) is 0 Å². The minimum absolute atomic E-state index is 0.211. The fraction of sp³-hybridized carbons (Fsp3) is 0.286. The lowest BCUT2D eigenvalue weighted by Crippen LogP contribution is -2.28. The maximum atomic E-state index is 11.7. The molecule has 2 amide bonds. The molecule has 1 aromatic heterocycles. The van der Waals surface area contributed by atoms with Crippen molar-refractivity contribution >= 4 is 23.1 Å². The Bertz CT molecular complexity index is 548. The summed E-state index contributed by atoms with van der Waals surface area (Å²) in [5, 5.41) is 8.47. The molecule has 1 aromatic carbocycles. The Labute approximate surface area is 116 Å². The van der Waals surface area contributed by atoms with Gasteiger partial charge in [0.15, 0.2) is 0 Å². The predicted octanol–water partition coefficient (Wildman–Crippen LogP) is 3.34. The van der Waals surface area contributed by atoms with Crippen LogP contribution in [0.25, 0.3) is 0 Å². The molecular formula is C14H17N3OS. The maximum absolute atomic E-state index is 11.7. The van der Waals surface area contributed by atoms with Gasteiger partial charge in [-0.1, -0.05) is 19.1 Å². The number of benzene rings is 1. The quantitative estimate of drug-likeness (QED) is 0.899. The van der Waals surface area contributed by atoms with Crippen molar-refractivity contribution in [2.75, 3.05) is 5.32 Å². The minimum Gasteiger partial charge on any atom is -0.331 e. The number of nitrogens with one attached hydrogen (secondary N) is 2. The van der Waals surface area contributed by atoms with Crippen molar-refractivity contribution in [2.24, 2.45) is 0 Å². The summed E-state index contributed by atoms with van der Waals surface area (Å²) < 4.78 is 0. The normalized spacial score (nSPS) is 10.2. The molecular weight excluding hydrogens is 258 g/mol. The smallest absolute Gasteiger partial charge is 0.319 e. The molecule has 0 saturated heterocycles. The minimum atomic E-state index is -0.211. The molecule has 19 heavy (non-hydrogen) atoms. The lowest BCUT2D eigenvalue weighted by molar-refractivity contribution is 0.251. The highest BCUT2D eigenvalue weighted by atomic mass is 32.1. The predicted molar refractivity (Wildman–Crippen MR) is 78.5 cm³/mol. The molecule has 0 radical (unpaired) electrons. The second-order valence-corrected chi connectivity index (χ2v) is 5.18. The molecule has 2 rings (SSSR count). The molecule has 1 heterocycles. The molecule has 0 aliphatic carbocycles. The van der Waals surface area contributed by atoms with Gasteiger partial charge in [-0.15, -0.1) is 11.3 Å². The number of rotatable bonds is 4. The van der Waals surface area contributed by atoms with Crippen molar-refractivity contribution in [2.45, 2.75) is 26.8 Å². The van der Waals surface area contributed by atoms with Gasteiger partial charge < -0.3 is 10.6 Å². The number of nitrogens with zero attached hydrogens (tertiary/aromatic N) is 1. The van der Waals surface area contributed by atoms with Crippen LogP contribution in [0.4, 0.5) is 10.5 Å². The van der Waals surface area contributed by atoms with Crippen LogP contribution in [0.15, 0.2) is 29.6 Å². The Morgan fingerprint density at radius 2 is 2.05 bits per heavy atom. The van der Waals surface area contributed by atoms with E-state index in [9.17, 15) is 4.79 Å². The third-order valence-electron chi connectivity index (χ3n) is 2.69. The number of carbonyl (C=O) groups is 1. The summed E-state index contributed by atoms with van der Waals surface area (Å²) >= 11 is 1.55. The van der Waals surface area contributed by atoms with E-state index in [4.69, 9.17) is 0 Å². The molecule has 0 spiro atoms. The zero-order valence-corrected chi connectivity index (χ0v) is 11.9. The number of amides is 2. The van der Waals surface area contributed by atoms with Crippen molar-refractivity contribution in [3.05, 3.63) is 45.9 Å². The highest BCUT2D eigenvalue weighted by Crippen LogP contribution is 2.10. The van der Waals surface area contributed by atoms with Crippen LogP contribution in [0, 0.1) is 6.92 Å². The van der Waals surface area contributed by atoms with E-state index in [1.807, 2.05) is 36.6 Å². The number of hydrogen-bond donors (Lipinski definition) is 2. The first-order chi connectivity index (χ1) is 9.17. The van der Waals surface area contributed by atoms with Gasteiger partial charge in [-0.05, 0) is 31.0 Å². The first kappa shape index (κ1) is 13.5. The fourth-order valence-electron chi connectivity index (χ4n) is 1.64. The molecule has 0 saturated carbocycles. The number of aromatic nitrogens is 1. The zero-order chi connectivity index (χ0) is 13.7. The number of carbonyl (C=O) groups excluding carboxylic acids is 1. The van der Waals surface area contributed by atoms with Crippen LogP contribution in [-0.4, -0.2) is 11.0 Å². The zero-order valence-electron chi connectivity index (χ0n) is 11.1. The van der Waals surface area contributed by atoms with Crippen molar-refractivity contribution in [1.29, 1.82) is 0 Å². The largest absolute Gasteiger partial charge is 0.331 e. The Morgan fingerprint density at radius 3 is 2.63 bits per heavy atom. The summed E-state index contributed by atoms with van der Waals surface area (Å²) in [6, 6.07) is 7.63. The Morgan fingerprint density at radius 1 is 1.32 bits per heavy atom. The molecule has 2 aromatic rings. The van der Waals surface area contributed by atoms with Crippen LogP contribution in [0.3, 0.4) is 0 Å². The molecule has 0 unspecified atom stereocenters. The first-order valence-electron chi connectivity index (χ1n) is 6.22. The number of thiazole rings is 1. The van der Waals surface area contributed by atoms with E-state index >= 15 is 0 Å². The molecule has 0 bridgehead atoms. The summed E-state index contributed by atoms with van der Waals surface area (Å²) in [6.45, 7) is 4.50. The van der Waals surface area contributed by atoms with Gasteiger partial charge in [-0.25, -0.2) is 9.78 Å². The SMILES string of the molecule is CCc1ccc(NC(=O)NCc2nc(C)cs2)cc1. The van der Waals surface area contributed by atoms with E-state index in [1.165, 1.54) is 5.56 Å². The fourth-order valence-corrected chi connectivity index (χ4v) is 2.35. The van der Waals surface area contributed by atoms with Crippen LogP contribution in [0.5, 0.6) is 0 Å². The Hall–Kier alpha value is -1.88. The Balaban J connectivity index is 1.83. The molecule has 0 aliphatic heterocycles. The first-order valence-corrected chi connectivity index (χ1v) is 7.10. The maximum Gasteiger partial charge on any atom is 0.319 e. The van der Waals surface area contributed by atoms with Crippen LogP contribution in [0.2, 0.25) is 0 Å². The second-order valence-electron chi connectivity index (χ2n) is 4.24. The number of anilines is 1. The van der Waals surface area contributed by atoms with Gasteiger partial charge in [-0.2, -0.15) is 0 Å². The number of aryl methyl sites for hydroxylation is 2. The second kappa shape index (κ2) is 6.33. The molecule has 0 fully saturated rings. The van der Waals surface area contributed by atoms with Gasteiger partial charge >= 0.3 is 6.03 Å². The third kappa shape index (κ3) is 4.06. The van der Waals surface area contributed by atoms with Crippen LogP contribution in [0.1, 0.15) is 23.2 Å². The van der Waals surface area contributed by atoms with Crippen LogP contribution >= 0.6 is 11.3 Å². The summed E-state index contributed by atoms with van der Waals surface area (Å²) in [6.07, 6.45) is 0.996. The van der Waals surface area contributed by atoms with Gasteiger partial charge in [0.2, 0.25) is 0 Å². The highest BCUT2D eigenvalue weighted by molar-refractivity contribution is 7.09. The molecule has 0 aliphatic rings. The van der Waals surface area contributed by atoms with Crippen molar-refractivity contribution in [1.82, 2.24) is 10.3 Å². The summed E-state index contributed by atoms with van der Waals surface area (Å²) in [4.78, 5) is 16.0. The van der Waals surface area contributed by atoms with E-state index in [2.05, 4.69) is 22.5 Å². The molecule has 4 nitrogen and oxygen atoms in total. The highest BCUT2D eigenvalue weighted by Gasteiger charge is 2.03. The van der Waals surface area contributed by atoms with Gasteiger partial charge in [-0.3, -0.25) is 0 Å². The van der Waals surface area contributed by atoms with Crippen molar-refractivity contribution in [3.8, 4) is 0 Å². The van der Waals surface area contributed by atoms with E-state index in [0.29, 0.717) is 6.54 Å². The van der Waals surface area contributed by atoms with Gasteiger partial charge in [0, 0.05) is 16.8 Å². The lowest BCUT2D eigenvalue weighted by Gasteiger charge is -2.07. The average Bonchev–Trinajstić information content (AvgIpc) is 2.83.